The topological polar surface area (TPSA) is 113 Å². The molecule has 1 aliphatic heterocycles. The van der Waals surface area contributed by atoms with Crippen LogP contribution < -0.4 is 15.0 Å². The summed E-state index contributed by atoms with van der Waals surface area (Å²) in [4.78, 5) is 14.5. The minimum absolute atomic E-state index is 0.00130. The number of halogens is 2. The quantitative estimate of drug-likeness (QED) is 0.467. The van der Waals surface area contributed by atoms with Crippen LogP contribution in [0.3, 0.4) is 0 Å². The van der Waals surface area contributed by atoms with Crippen molar-refractivity contribution in [2.24, 2.45) is 0 Å². The van der Waals surface area contributed by atoms with Crippen LogP contribution >= 0.6 is 11.6 Å². The van der Waals surface area contributed by atoms with E-state index in [0.717, 1.165) is 21.7 Å². The molecule has 1 aliphatic rings. The Morgan fingerprint density at radius 3 is 2.33 bits per heavy atom. The molecular formula is C26H33ClFN3O6S2. The molecule has 9 nitrogen and oxygen atoms in total. The van der Waals surface area contributed by atoms with E-state index in [1.165, 1.54) is 26.2 Å². The Balaban J connectivity index is 1.88. The van der Waals surface area contributed by atoms with Crippen LogP contribution in [0.5, 0.6) is 5.75 Å². The van der Waals surface area contributed by atoms with Gasteiger partial charge in [0, 0.05) is 79.6 Å². The summed E-state index contributed by atoms with van der Waals surface area (Å²) in [7, 11) is -2.35. The van der Waals surface area contributed by atoms with Crippen molar-refractivity contribution >= 4 is 43.1 Å². The fourth-order valence-electron chi connectivity index (χ4n) is 4.16. The zero-order chi connectivity index (χ0) is 29.2. The van der Waals surface area contributed by atoms with Crippen LogP contribution in [0.15, 0.2) is 52.8 Å². The van der Waals surface area contributed by atoms with Crippen molar-refractivity contribution in [3.05, 3.63) is 52.9 Å². The lowest BCUT2D eigenvalue weighted by molar-refractivity contribution is -0.135. The number of methoxy groups -OCH3 is 1. The molecule has 0 radical (unpaired) electrons. The number of sulfonamides is 1. The van der Waals surface area contributed by atoms with Crippen LogP contribution in [-0.4, -0.2) is 79.3 Å². The maximum absolute atomic E-state index is 15.6. The lowest BCUT2D eigenvalue weighted by Gasteiger charge is -2.35. The molecule has 0 bridgehead atoms. The third kappa shape index (κ3) is 7.30. The first-order valence-electron chi connectivity index (χ1n) is 12.1. The largest absolute Gasteiger partial charge is 0.497 e. The Kier molecular flexibility index (Phi) is 9.36. The summed E-state index contributed by atoms with van der Waals surface area (Å²) in [6.45, 7) is 1.08. The van der Waals surface area contributed by atoms with Crippen LogP contribution in [0.2, 0.25) is 5.02 Å². The van der Waals surface area contributed by atoms with E-state index in [0.29, 0.717) is 21.9 Å². The molecule has 0 unspecified atom stereocenters. The number of carbonyl (C=O) groups is 1. The molecule has 1 heterocycles. The summed E-state index contributed by atoms with van der Waals surface area (Å²) < 4.78 is 72.3. The summed E-state index contributed by atoms with van der Waals surface area (Å²) in [5.74, 6) is -0.413. The number of rotatable bonds is 9. The van der Waals surface area contributed by atoms with Gasteiger partial charge in [-0.15, -0.1) is 0 Å². The fourth-order valence-corrected chi connectivity index (χ4v) is 6.53. The van der Waals surface area contributed by atoms with Crippen LogP contribution in [-0.2, 0) is 24.7 Å². The number of ether oxygens (including phenoxy) is 1. The summed E-state index contributed by atoms with van der Waals surface area (Å²) in [6.07, 6.45) is 1.54. The second-order valence-corrected chi connectivity index (χ2v) is 14.0. The van der Waals surface area contributed by atoms with Gasteiger partial charge in [0.25, 0.3) is 5.91 Å². The minimum Gasteiger partial charge on any atom is -0.497 e. The normalized spacial score (nSPS) is 17.1. The van der Waals surface area contributed by atoms with E-state index in [1.54, 1.807) is 30.3 Å². The van der Waals surface area contributed by atoms with Crippen molar-refractivity contribution < 1.29 is 30.8 Å². The lowest BCUT2D eigenvalue weighted by atomic mass is 9.93. The Bertz CT molecular complexity index is 1470. The van der Waals surface area contributed by atoms with E-state index in [2.05, 4.69) is 5.32 Å². The van der Waals surface area contributed by atoms with Crippen molar-refractivity contribution in [3.63, 3.8) is 0 Å². The number of sulfone groups is 1. The first kappa shape index (κ1) is 30.9. The minimum atomic E-state index is -4.10. The van der Waals surface area contributed by atoms with Crippen molar-refractivity contribution in [1.29, 1.82) is 0 Å². The van der Waals surface area contributed by atoms with Gasteiger partial charge in [-0.25, -0.2) is 21.2 Å². The second kappa shape index (κ2) is 11.8. The van der Waals surface area contributed by atoms with Gasteiger partial charge < -0.3 is 15.0 Å². The van der Waals surface area contributed by atoms with Crippen molar-refractivity contribution in [3.8, 4) is 16.9 Å². The summed E-state index contributed by atoms with van der Waals surface area (Å²) >= 11 is 6.48. The van der Waals surface area contributed by atoms with Gasteiger partial charge in [-0.3, -0.25) is 4.79 Å². The van der Waals surface area contributed by atoms with Crippen molar-refractivity contribution in [2.45, 2.75) is 36.4 Å². The molecule has 1 amide bonds. The van der Waals surface area contributed by atoms with E-state index >= 15 is 4.39 Å². The zero-order valence-corrected chi connectivity index (χ0v) is 24.8. The van der Waals surface area contributed by atoms with Gasteiger partial charge in [0.1, 0.15) is 5.75 Å². The molecule has 2 aromatic carbocycles. The highest BCUT2D eigenvalue weighted by Crippen LogP contribution is 2.39. The number of piperidine rings is 1. The van der Waals surface area contributed by atoms with E-state index < -0.39 is 37.5 Å². The lowest BCUT2D eigenvalue weighted by Crippen LogP contribution is -2.53. The van der Waals surface area contributed by atoms with E-state index in [1.807, 2.05) is 19.0 Å². The smallest absolute Gasteiger partial charge is 0.258 e. The zero-order valence-electron chi connectivity index (χ0n) is 22.4. The third-order valence-electron chi connectivity index (χ3n) is 6.46. The Morgan fingerprint density at radius 1 is 1.13 bits per heavy atom. The van der Waals surface area contributed by atoms with Crippen molar-refractivity contribution in [2.75, 3.05) is 45.5 Å². The number of anilines is 1. The number of amides is 1. The van der Waals surface area contributed by atoms with E-state index in [-0.39, 0.29) is 30.8 Å². The highest BCUT2D eigenvalue weighted by Gasteiger charge is 2.45. The molecule has 0 aliphatic carbocycles. The molecule has 214 valence electrons. The van der Waals surface area contributed by atoms with E-state index in [9.17, 15) is 21.6 Å². The molecule has 1 N–H and O–H groups in total. The maximum atomic E-state index is 15.6. The van der Waals surface area contributed by atoms with Gasteiger partial charge in [0.15, 0.2) is 15.5 Å². The number of nitrogens with zero attached hydrogens (tertiary/aromatic N) is 2. The molecule has 2 aromatic rings. The SMILES string of the molecule is COc1ccc(Cl)c(-c2cc(N(C)C)ccc2S(=O)(=O)N2CCC(F)(C(=O)N[C@@H](C)/C=C\S(C)(=O)=O)CC2)c1. The fraction of sp³-hybridized carbons (Fsp3) is 0.423. The highest BCUT2D eigenvalue weighted by atomic mass is 35.5. The highest BCUT2D eigenvalue weighted by molar-refractivity contribution is 7.93. The summed E-state index contributed by atoms with van der Waals surface area (Å²) in [6, 6.07) is 9.11. The number of alkyl halides is 1. The molecule has 39 heavy (non-hydrogen) atoms. The monoisotopic (exact) mass is 601 g/mol. The maximum Gasteiger partial charge on any atom is 0.258 e. The molecule has 3 rings (SSSR count). The van der Waals surface area contributed by atoms with E-state index in [4.69, 9.17) is 16.3 Å². The predicted molar refractivity (Wildman–Crippen MR) is 151 cm³/mol. The molecular weight excluding hydrogens is 569 g/mol. The first-order valence-corrected chi connectivity index (χ1v) is 15.9. The molecule has 0 saturated carbocycles. The van der Waals surface area contributed by atoms with Crippen LogP contribution in [0.25, 0.3) is 11.1 Å². The molecule has 1 atom stereocenters. The number of nitrogens with one attached hydrogen (secondary N) is 1. The second-order valence-electron chi connectivity index (χ2n) is 9.71. The number of hydrogen-bond acceptors (Lipinski definition) is 7. The summed E-state index contributed by atoms with van der Waals surface area (Å²) in [5, 5.41) is 3.72. The van der Waals surface area contributed by atoms with Gasteiger partial charge in [-0.1, -0.05) is 17.7 Å². The number of benzene rings is 2. The van der Waals surface area contributed by atoms with Crippen LogP contribution in [0, 0.1) is 0 Å². The van der Waals surface area contributed by atoms with Gasteiger partial charge in [-0.2, -0.15) is 4.31 Å². The van der Waals surface area contributed by atoms with Gasteiger partial charge in [-0.05, 0) is 43.3 Å². The Labute approximate surface area is 234 Å². The molecule has 13 heteroatoms. The Hall–Kier alpha value is -2.67. The van der Waals surface area contributed by atoms with Crippen LogP contribution in [0.1, 0.15) is 19.8 Å². The number of hydrogen-bond donors (Lipinski definition) is 1. The Morgan fingerprint density at radius 2 is 1.77 bits per heavy atom. The molecule has 1 saturated heterocycles. The average molecular weight is 602 g/mol. The first-order chi connectivity index (χ1) is 18.1. The third-order valence-corrected chi connectivity index (χ3v) is 9.39. The van der Waals surface area contributed by atoms with Crippen LogP contribution in [0.4, 0.5) is 10.1 Å². The van der Waals surface area contributed by atoms with Gasteiger partial charge in [0.2, 0.25) is 10.0 Å². The summed E-state index contributed by atoms with van der Waals surface area (Å²) in [5.41, 5.74) is -0.718. The van der Waals surface area contributed by atoms with Gasteiger partial charge in [0.05, 0.1) is 12.0 Å². The molecule has 0 spiro atoms. The average Bonchev–Trinajstić information content (AvgIpc) is 2.87. The molecule has 1 fully saturated rings. The van der Waals surface area contributed by atoms with Crippen molar-refractivity contribution in [1.82, 2.24) is 9.62 Å². The number of carbonyl (C=O) groups excluding carboxylic acids is 1. The standard InChI is InChI=1S/C26H33ClFN3O6S2/c1-18(10-15-38(5,33)34)29-25(32)26(28)11-13-31(14-12-26)39(35,36)24-9-6-19(30(2)3)16-22(24)21-17-20(37-4)7-8-23(21)27/h6-10,15-18H,11-14H2,1-5H3,(H,29,32)/b15-10-/t18-/m0/s1. The van der Waals surface area contributed by atoms with Gasteiger partial charge >= 0.3 is 0 Å². The molecule has 0 aromatic heterocycles. The predicted octanol–water partition coefficient (Wildman–Crippen LogP) is 3.64.